The number of hydrogen-bond acceptors (Lipinski definition) is 5. The van der Waals surface area contributed by atoms with E-state index in [0.29, 0.717) is 48.6 Å². The second-order valence-electron chi connectivity index (χ2n) is 7.48. The first-order chi connectivity index (χ1) is 13.1. The zero-order valence-electron chi connectivity index (χ0n) is 14.7. The van der Waals surface area contributed by atoms with E-state index in [0.717, 1.165) is 11.3 Å². The van der Waals surface area contributed by atoms with Crippen molar-refractivity contribution in [1.82, 2.24) is 14.9 Å². The summed E-state index contributed by atoms with van der Waals surface area (Å²) in [5, 5.41) is 0.581. The number of thiophene rings is 1. The van der Waals surface area contributed by atoms with Gasteiger partial charge in [0.25, 0.3) is 0 Å². The number of anilines is 1. The van der Waals surface area contributed by atoms with Gasteiger partial charge in [-0.1, -0.05) is 0 Å². The Kier molecular flexibility index (Phi) is 4.93. The molecule has 4 heterocycles. The van der Waals surface area contributed by atoms with Crippen LogP contribution in [0.15, 0.2) is 12.4 Å². The third-order valence-electron chi connectivity index (χ3n) is 5.32. The van der Waals surface area contributed by atoms with Crippen molar-refractivity contribution in [3.05, 3.63) is 17.3 Å². The summed E-state index contributed by atoms with van der Waals surface area (Å²) in [6.07, 6.45) is -7.50. The van der Waals surface area contributed by atoms with Gasteiger partial charge in [-0.3, -0.25) is 4.90 Å². The fraction of sp³-hybridized carbons (Fsp3) is 0.647. The lowest BCUT2D eigenvalue weighted by Crippen LogP contribution is -2.44. The molecule has 0 amide bonds. The standard InChI is InChI=1S/C17H18F6N4S/c18-16(19,20)4-12-3-13-14(24-9-25-15(13)28-12)27-6-10-1-2-26(5-11(10)7-27)8-17(21,22)23/h3,9-11H,1-2,4-8H2/t10-,11+/m1/s1. The third kappa shape index (κ3) is 4.35. The fourth-order valence-corrected chi connectivity index (χ4v) is 5.26. The van der Waals surface area contributed by atoms with E-state index in [9.17, 15) is 26.3 Å². The summed E-state index contributed by atoms with van der Waals surface area (Å²) in [5.41, 5.74) is 0. The summed E-state index contributed by atoms with van der Waals surface area (Å²) >= 11 is 0.998. The molecule has 2 fully saturated rings. The molecule has 2 aromatic heterocycles. The Hall–Kier alpha value is -1.62. The predicted molar refractivity (Wildman–Crippen MR) is 93.5 cm³/mol. The molecule has 0 spiro atoms. The summed E-state index contributed by atoms with van der Waals surface area (Å²) < 4.78 is 76.1. The van der Waals surface area contributed by atoms with Crippen LogP contribution in [-0.2, 0) is 6.42 Å². The average Bonchev–Trinajstić information content (AvgIpc) is 3.13. The number of fused-ring (bicyclic) bond motifs is 2. The first-order valence-corrected chi connectivity index (χ1v) is 9.73. The molecule has 2 aromatic rings. The maximum absolute atomic E-state index is 12.7. The van der Waals surface area contributed by atoms with Gasteiger partial charge in [0.05, 0.1) is 18.4 Å². The Morgan fingerprint density at radius 2 is 1.75 bits per heavy atom. The molecular formula is C17H18F6N4S. The highest BCUT2D eigenvalue weighted by atomic mass is 32.1. The van der Waals surface area contributed by atoms with E-state index in [1.165, 1.54) is 17.3 Å². The second-order valence-corrected chi connectivity index (χ2v) is 8.60. The average molecular weight is 424 g/mol. The smallest absolute Gasteiger partial charge is 0.355 e. The minimum absolute atomic E-state index is 0.0920. The molecule has 2 atom stereocenters. The van der Waals surface area contributed by atoms with Gasteiger partial charge >= 0.3 is 12.4 Å². The van der Waals surface area contributed by atoms with E-state index >= 15 is 0 Å². The molecular weight excluding hydrogens is 406 g/mol. The quantitative estimate of drug-likeness (QED) is 0.694. The van der Waals surface area contributed by atoms with E-state index in [-0.39, 0.29) is 16.7 Å². The van der Waals surface area contributed by atoms with E-state index < -0.39 is 25.3 Å². The molecule has 0 unspecified atom stereocenters. The summed E-state index contributed by atoms with van der Waals surface area (Å²) in [7, 11) is 0. The number of nitrogens with zero attached hydrogens (tertiary/aromatic N) is 4. The van der Waals surface area contributed by atoms with Crippen molar-refractivity contribution in [2.45, 2.75) is 25.2 Å². The zero-order valence-corrected chi connectivity index (χ0v) is 15.5. The molecule has 0 aliphatic carbocycles. The van der Waals surface area contributed by atoms with Gasteiger partial charge in [0.15, 0.2) is 0 Å². The van der Waals surface area contributed by atoms with Crippen LogP contribution in [0.2, 0.25) is 0 Å². The number of halogens is 6. The minimum atomic E-state index is -4.29. The Morgan fingerprint density at radius 3 is 2.46 bits per heavy atom. The van der Waals surface area contributed by atoms with Crippen LogP contribution in [0.3, 0.4) is 0 Å². The molecule has 0 bridgehead atoms. The number of hydrogen-bond donors (Lipinski definition) is 0. The number of rotatable bonds is 3. The topological polar surface area (TPSA) is 32.3 Å². The largest absolute Gasteiger partial charge is 0.401 e. The first-order valence-electron chi connectivity index (χ1n) is 8.91. The zero-order chi connectivity index (χ0) is 20.1. The SMILES string of the molecule is FC(F)(F)Cc1cc2c(N3C[C@H]4CCN(CC(F)(F)F)C[C@H]4C3)ncnc2s1. The van der Waals surface area contributed by atoms with Crippen LogP contribution >= 0.6 is 11.3 Å². The second kappa shape index (κ2) is 7.01. The van der Waals surface area contributed by atoms with Crippen LogP contribution in [-0.4, -0.2) is 59.9 Å². The van der Waals surface area contributed by atoms with Crippen molar-refractivity contribution in [3.8, 4) is 0 Å². The molecule has 28 heavy (non-hydrogen) atoms. The Balaban J connectivity index is 1.52. The molecule has 4 rings (SSSR count). The number of aromatic nitrogens is 2. The maximum atomic E-state index is 12.7. The lowest BCUT2D eigenvalue weighted by atomic mass is 9.89. The normalized spacial score (nSPS) is 24.1. The molecule has 0 N–H and O–H groups in total. The van der Waals surface area contributed by atoms with E-state index in [4.69, 9.17) is 0 Å². The predicted octanol–water partition coefficient (Wildman–Crippen LogP) is 4.12. The van der Waals surface area contributed by atoms with Crippen LogP contribution in [0.4, 0.5) is 32.2 Å². The minimum Gasteiger partial charge on any atom is -0.355 e. The monoisotopic (exact) mass is 424 g/mol. The van der Waals surface area contributed by atoms with Crippen LogP contribution in [0.1, 0.15) is 11.3 Å². The van der Waals surface area contributed by atoms with Crippen molar-refractivity contribution in [1.29, 1.82) is 0 Å². The lowest BCUT2D eigenvalue weighted by Gasteiger charge is -2.34. The summed E-state index contributed by atoms with van der Waals surface area (Å²) in [6, 6.07) is 1.49. The highest BCUT2D eigenvalue weighted by Gasteiger charge is 2.41. The molecule has 0 radical (unpaired) electrons. The van der Waals surface area contributed by atoms with Crippen molar-refractivity contribution < 1.29 is 26.3 Å². The molecule has 0 aromatic carbocycles. The van der Waals surface area contributed by atoms with Crippen LogP contribution in [0, 0.1) is 11.8 Å². The van der Waals surface area contributed by atoms with Crippen molar-refractivity contribution in [2.75, 3.05) is 37.6 Å². The van der Waals surface area contributed by atoms with Gasteiger partial charge in [-0.15, -0.1) is 11.3 Å². The summed E-state index contributed by atoms with van der Waals surface area (Å²) in [5.74, 6) is 0.934. The number of likely N-dealkylation sites (tertiary alicyclic amines) is 1. The van der Waals surface area contributed by atoms with Gasteiger partial charge in [0.2, 0.25) is 0 Å². The van der Waals surface area contributed by atoms with Crippen molar-refractivity contribution in [3.63, 3.8) is 0 Å². The molecule has 11 heteroatoms. The van der Waals surface area contributed by atoms with E-state index in [2.05, 4.69) is 9.97 Å². The fourth-order valence-electron chi connectivity index (χ4n) is 4.24. The lowest BCUT2D eigenvalue weighted by molar-refractivity contribution is -0.150. The molecule has 4 nitrogen and oxygen atoms in total. The summed E-state index contributed by atoms with van der Waals surface area (Å²) in [4.78, 5) is 12.5. The number of piperidine rings is 1. The van der Waals surface area contributed by atoms with Crippen molar-refractivity contribution >= 4 is 27.4 Å². The van der Waals surface area contributed by atoms with Gasteiger partial charge in [-0.2, -0.15) is 26.3 Å². The molecule has 2 saturated heterocycles. The van der Waals surface area contributed by atoms with Gasteiger partial charge in [0, 0.05) is 24.5 Å². The molecule has 0 saturated carbocycles. The molecule has 2 aliphatic heterocycles. The van der Waals surface area contributed by atoms with Gasteiger partial charge < -0.3 is 4.90 Å². The summed E-state index contributed by atoms with van der Waals surface area (Å²) in [6.45, 7) is 1.08. The molecule has 2 aliphatic rings. The maximum Gasteiger partial charge on any atom is 0.401 e. The Bertz CT molecular complexity index is 848. The Morgan fingerprint density at radius 1 is 1.00 bits per heavy atom. The van der Waals surface area contributed by atoms with Crippen LogP contribution < -0.4 is 4.90 Å². The highest BCUT2D eigenvalue weighted by molar-refractivity contribution is 7.18. The van der Waals surface area contributed by atoms with E-state index in [1.54, 1.807) is 0 Å². The third-order valence-corrected chi connectivity index (χ3v) is 6.36. The van der Waals surface area contributed by atoms with Crippen LogP contribution in [0.5, 0.6) is 0 Å². The first kappa shape index (κ1) is 19.7. The molecule has 154 valence electrons. The van der Waals surface area contributed by atoms with Crippen LogP contribution in [0.25, 0.3) is 10.2 Å². The van der Waals surface area contributed by atoms with Gasteiger partial charge in [0.1, 0.15) is 17.0 Å². The highest BCUT2D eigenvalue weighted by Crippen LogP contribution is 2.38. The van der Waals surface area contributed by atoms with Crippen molar-refractivity contribution in [2.24, 2.45) is 11.8 Å². The van der Waals surface area contributed by atoms with Gasteiger partial charge in [-0.25, -0.2) is 9.97 Å². The number of alkyl halides is 6. The van der Waals surface area contributed by atoms with Gasteiger partial charge in [-0.05, 0) is 30.9 Å². The Labute approximate surface area is 161 Å². The van der Waals surface area contributed by atoms with E-state index in [1.807, 2.05) is 4.90 Å².